The Hall–Kier alpha value is -3.34. The lowest BCUT2D eigenvalue weighted by molar-refractivity contribution is 0.628. The number of nitrogens with zero attached hydrogens (tertiary/aromatic N) is 4. The van der Waals surface area contributed by atoms with E-state index in [-0.39, 0.29) is 5.82 Å². The summed E-state index contributed by atoms with van der Waals surface area (Å²) in [5.74, 6) is 0.456. The Kier molecular flexibility index (Phi) is 3.82. The summed E-state index contributed by atoms with van der Waals surface area (Å²) in [5.41, 5.74) is 4.58. The van der Waals surface area contributed by atoms with E-state index in [1.807, 2.05) is 37.4 Å². The van der Waals surface area contributed by atoms with E-state index in [1.54, 1.807) is 29.2 Å². The molecule has 0 N–H and O–H groups in total. The normalized spacial score (nSPS) is 10.8. The van der Waals surface area contributed by atoms with Gasteiger partial charge in [-0.2, -0.15) is 5.10 Å². The molecule has 0 amide bonds. The van der Waals surface area contributed by atoms with E-state index in [1.165, 1.54) is 12.1 Å². The largest absolute Gasteiger partial charge is 0.256 e. The first-order valence-corrected chi connectivity index (χ1v) is 7.82. The standard InChI is InChI=1S/C20H14FN4/c1-14-11-19(22-13-18(14)15-3-6-17(21)7-4-15)16-5-8-20(23-12-16)25-10-2-9-24-25/h2-11,13H,1H3. The Morgan fingerprint density at radius 3 is 2.56 bits per heavy atom. The van der Waals surface area contributed by atoms with Gasteiger partial charge in [0.15, 0.2) is 5.82 Å². The maximum atomic E-state index is 13.1. The number of pyridine rings is 2. The fraction of sp³-hybridized carbons (Fsp3) is 0.0500. The van der Waals surface area contributed by atoms with Crippen LogP contribution in [-0.2, 0) is 0 Å². The fourth-order valence-electron chi connectivity index (χ4n) is 2.66. The molecule has 1 aromatic carbocycles. The SMILES string of the molecule is Cc1cc(-c2[c]nc(-n3cccn3)cc2)ncc1-c1ccc(F)cc1. The molecule has 0 saturated carbocycles. The Bertz CT molecular complexity index is 991. The predicted octanol–water partition coefficient (Wildman–Crippen LogP) is 4.24. The van der Waals surface area contributed by atoms with Crippen LogP contribution in [-0.4, -0.2) is 19.7 Å². The molecule has 25 heavy (non-hydrogen) atoms. The van der Waals surface area contributed by atoms with Gasteiger partial charge in [-0.1, -0.05) is 12.1 Å². The summed E-state index contributed by atoms with van der Waals surface area (Å²) in [6, 6.07) is 14.0. The number of aryl methyl sites for hydroxylation is 1. The molecule has 0 fully saturated rings. The molecule has 0 spiro atoms. The van der Waals surface area contributed by atoms with E-state index >= 15 is 0 Å². The van der Waals surface area contributed by atoms with Crippen LogP contribution >= 0.6 is 0 Å². The van der Waals surface area contributed by atoms with Crippen LogP contribution in [0.3, 0.4) is 0 Å². The molecule has 0 aliphatic heterocycles. The minimum absolute atomic E-state index is 0.246. The first-order chi connectivity index (χ1) is 12.2. The summed E-state index contributed by atoms with van der Waals surface area (Å²) < 4.78 is 14.8. The molecule has 3 aromatic heterocycles. The van der Waals surface area contributed by atoms with Crippen LogP contribution in [0.25, 0.3) is 28.2 Å². The molecule has 4 aromatic rings. The monoisotopic (exact) mass is 329 g/mol. The van der Waals surface area contributed by atoms with E-state index in [0.29, 0.717) is 5.82 Å². The highest BCUT2D eigenvalue weighted by atomic mass is 19.1. The molecular weight excluding hydrogens is 315 g/mol. The lowest BCUT2D eigenvalue weighted by Gasteiger charge is -2.08. The Balaban J connectivity index is 1.65. The van der Waals surface area contributed by atoms with Gasteiger partial charge in [-0.05, 0) is 54.4 Å². The third kappa shape index (κ3) is 3.04. The molecule has 0 atom stereocenters. The number of rotatable bonds is 3. The molecule has 0 aliphatic carbocycles. The van der Waals surface area contributed by atoms with E-state index < -0.39 is 0 Å². The number of halogens is 1. The molecule has 0 unspecified atom stereocenters. The second kappa shape index (κ2) is 6.28. The topological polar surface area (TPSA) is 43.6 Å². The lowest BCUT2D eigenvalue weighted by Crippen LogP contribution is -1.98. The highest BCUT2D eigenvalue weighted by Gasteiger charge is 2.08. The highest BCUT2D eigenvalue weighted by Crippen LogP contribution is 2.26. The van der Waals surface area contributed by atoms with Crippen molar-refractivity contribution >= 4 is 0 Å². The van der Waals surface area contributed by atoms with Crippen molar-refractivity contribution < 1.29 is 4.39 Å². The minimum atomic E-state index is -0.246. The van der Waals surface area contributed by atoms with E-state index in [4.69, 9.17) is 0 Å². The lowest BCUT2D eigenvalue weighted by atomic mass is 10.0. The van der Waals surface area contributed by atoms with Gasteiger partial charge in [-0.25, -0.2) is 14.1 Å². The summed E-state index contributed by atoms with van der Waals surface area (Å²) in [7, 11) is 0. The molecule has 4 nitrogen and oxygen atoms in total. The maximum Gasteiger partial charge on any atom is 0.154 e. The smallest absolute Gasteiger partial charge is 0.154 e. The van der Waals surface area contributed by atoms with Crippen LogP contribution < -0.4 is 0 Å². The zero-order valence-corrected chi connectivity index (χ0v) is 13.5. The summed E-state index contributed by atoms with van der Waals surface area (Å²) in [6.45, 7) is 2.01. The average Bonchev–Trinajstić information content (AvgIpc) is 3.17. The number of aromatic nitrogens is 4. The van der Waals surface area contributed by atoms with E-state index in [0.717, 1.165) is 27.9 Å². The summed E-state index contributed by atoms with van der Waals surface area (Å²) in [6.07, 6.45) is 8.34. The summed E-state index contributed by atoms with van der Waals surface area (Å²) >= 11 is 0. The van der Waals surface area contributed by atoms with Gasteiger partial charge >= 0.3 is 0 Å². The molecule has 0 bridgehead atoms. The van der Waals surface area contributed by atoms with Crippen molar-refractivity contribution in [2.24, 2.45) is 0 Å². The molecule has 5 heteroatoms. The highest BCUT2D eigenvalue weighted by molar-refractivity contribution is 5.70. The van der Waals surface area contributed by atoms with Crippen LogP contribution in [0, 0.1) is 18.9 Å². The zero-order valence-electron chi connectivity index (χ0n) is 13.5. The first kappa shape index (κ1) is 15.2. The van der Waals surface area contributed by atoms with Gasteiger partial charge in [0.05, 0.1) is 5.69 Å². The van der Waals surface area contributed by atoms with Crippen LogP contribution in [0.2, 0.25) is 0 Å². The molecular formula is C20H14FN4. The van der Waals surface area contributed by atoms with Crippen LogP contribution in [0.15, 0.2) is 67.1 Å². The van der Waals surface area contributed by atoms with Crippen molar-refractivity contribution in [3.05, 3.63) is 84.7 Å². The van der Waals surface area contributed by atoms with Gasteiger partial charge in [-0.3, -0.25) is 4.98 Å². The quantitative estimate of drug-likeness (QED) is 0.564. The molecule has 3 heterocycles. The second-order valence-electron chi connectivity index (χ2n) is 5.67. The van der Waals surface area contributed by atoms with E-state index in [9.17, 15) is 4.39 Å². The van der Waals surface area contributed by atoms with Gasteiger partial charge in [0.2, 0.25) is 0 Å². The van der Waals surface area contributed by atoms with Crippen molar-refractivity contribution in [3.8, 4) is 28.2 Å². The minimum Gasteiger partial charge on any atom is -0.256 e. The Morgan fingerprint density at radius 2 is 1.92 bits per heavy atom. The Morgan fingerprint density at radius 1 is 1.08 bits per heavy atom. The summed E-state index contributed by atoms with van der Waals surface area (Å²) in [4.78, 5) is 8.82. The van der Waals surface area contributed by atoms with Crippen LogP contribution in [0.1, 0.15) is 5.56 Å². The van der Waals surface area contributed by atoms with Crippen molar-refractivity contribution in [2.75, 3.05) is 0 Å². The van der Waals surface area contributed by atoms with Gasteiger partial charge < -0.3 is 0 Å². The second-order valence-corrected chi connectivity index (χ2v) is 5.67. The van der Waals surface area contributed by atoms with Crippen LogP contribution in [0.5, 0.6) is 0 Å². The summed E-state index contributed by atoms with van der Waals surface area (Å²) in [5, 5.41) is 4.15. The van der Waals surface area contributed by atoms with Crippen LogP contribution in [0.4, 0.5) is 4.39 Å². The maximum absolute atomic E-state index is 13.1. The van der Waals surface area contributed by atoms with Gasteiger partial charge in [-0.15, -0.1) is 0 Å². The number of hydrogen-bond donors (Lipinski definition) is 0. The fourth-order valence-corrected chi connectivity index (χ4v) is 2.66. The zero-order chi connectivity index (χ0) is 17.2. The number of hydrogen-bond acceptors (Lipinski definition) is 3. The number of benzene rings is 1. The first-order valence-electron chi connectivity index (χ1n) is 7.82. The van der Waals surface area contributed by atoms with Crippen molar-refractivity contribution in [1.82, 2.24) is 19.7 Å². The molecule has 0 saturated heterocycles. The predicted molar refractivity (Wildman–Crippen MR) is 93.6 cm³/mol. The van der Waals surface area contributed by atoms with Crippen molar-refractivity contribution in [3.63, 3.8) is 0 Å². The van der Waals surface area contributed by atoms with E-state index in [2.05, 4.69) is 21.3 Å². The van der Waals surface area contributed by atoms with Gasteiger partial charge in [0.25, 0.3) is 0 Å². The van der Waals surface area contributed by atoms with Crippen molar-refractivity contribution in [2.45, 2.75) is 6.92 Å². The van der Waals surface area contributed by atoms with Gasteiger partial charge in [0, 0.05) is 29.7 Å². The third-order valence-electron chi connectivity index (χ3n) is 3.97. The molecule has 0 aliphatic rings. The van der Waals surface area contributed by atoms with Gasteiger partial charge in [0.1, 0.15) is 12.0 Å². The van der Waals surface area contributed by atoms with Crippen molar-refractivity contribution in [1.29, 1.82) is 0 Å². The molecule has 1 radical (unpaired) electrons. The Labute approximate surface area is 144 Å². The third-order valence-corrected chi connectivity index (χ3v) is 3.97. The average molecular weight is 329 g/mol. The molecule has 121 valence electrons. The molecule has 4 rings (SSSR count).